The number of pyridine rings is 1. The molecular weight excluding hydrogens is 417 g/mol. The molecule has 8 heteroatoms. The van der Waals surface area contributed by atoms with Gasteiger partial charge in [0, 0.05) is 17.8 Å². The van der Waals surface area contributed by atoms with E-state index in [1.807, 2.05) is 6.92 Å². The Hall–Kier alpha value is -2.90. The predicted molar refractivity (Wildman–Crippen MR) is 119 cm³/mol. The van der Waals surface area contributed by atoms with Crippen LogP contribution in [0.3, 0.4) is 0 Å². The molecule has 0 radical (unpaired) electrons. The van der Waals surface area contributed by atoms with Gasteiger partial charge in [-0.15, -0.1) is 0 Å². The van der Waals surface area contributed by atoms with Gasteiger partial charge in [-0.05, 0) is 63.6 Å². The van der Waals surface area contributed by atoms with Gasteiger partial charge in [0.05, 0.1) is 22.5 Å². The summed E-state index contributed by atoms with van der Waals surface area (Å²) in [5, 5.41) is 4.04. The molecule has 170 valence electrons. The van der Waals surface area contributed by atoms with E-state index in [0.29, 0.717) is 34.5 Å². The second-order valence-corrected chi connectivity index (χ2v) is 8.87. The molecule has 1 atom stereocenters. The Morgan fingerprint density at radius 3 is 2.53 bits per heavy atom. The van der Waals surface area contributed by atoms with Gasteiger partial charge in [0.15, 0.2) is 0 Å². The van der Waals surface area contributed by atoms with Crippen LogP contribution >= 0.6 is 0 Å². The van der Waals surface area contributed by atoms with E-state index in [0.717, 1.165) is 25.3 Å². The summed E-state index contributed by atoms with van der Waals surface area (Å²) >= 11 is 0. The number of fused-ring (bicyclic) bond motifs is 1. The lowest BCUT2D eigenvalue weighted by Crippen LogP contribution is -2.43. The summed E-state index contributed by atoms with van der Waals surface area (Å²) in [6.07, 6.45) is 0.867. The minimum atomic E-state index is -4.41. The van der Waals surface area contributed by atoms with Crippen LogP contribution in [-0.4, -0.2) is 14.5 Å². The third-order valence-electron chi connectivity index (χ3n) is 6.63. The Bertz CT molecular complexity index is 1230. The van der Waals surface area contributed by atoms with E-state index in [-0.39, 0.29) is 22.7 Å². The van der Waals surface area contributed by atoms with Gasteiger partial charge in [-0.1, -0.05) is 19.1 Å². The van der Waals surface area contributed by atoms with Crippen molar-refractivity contribution in [3.63, 3.8) is 0 Å². The average Bonchev–Trinajstić information content (AvgIpc) is 2.69. The number of rotatable bonds is 5. The normalized spacial score (nSPS) is 16.6. The second-order valence-electron chi connectivity index (χ2n) is 8.87. The third kappa shape index (κ3) is 3.87. The van der Waals surface area contributed by atoms with Crippen molar-refractivity contribution >= 4 is 16.7 Å². The third-order valence-corrected chi connectivity index (χ3v) is 6.63. The van der Waals surface area contributed by atoms with Crippen molar-refractivity contribution in [1.29, 1.82) is 0 Å². The van der Waals surface area contributed by atoms with E-state index in [2.05, 4.69) is 22.2 Å². The molecule has 0 aliphatic heterocycles. The molecule has 4 rings (SSSR count). The molecule has 2 aromatic heterocycles. The van der Waals surface area contributed by atoms with Gasteiger partial charge in [0.2, 0.25) is 0 Å². The lowest BCUT2D eigenvalue weighted by atomic mass is 9.78. The van der Waals surface area contributed by atoms with Crippen molar-refractivity contribution in [3.05, 3.63) is 63.3 Å². The van der Waals surface area contributed by atoms with Gasteiger partial charge < -0.3 is 9.88 Å². The predicted octanol–water partition coefficient (Wildman–Crippen LogP) is 5.89. The average molecular weight is 445 g/mol. The molecule has 0 spiro atoms. The highest BCUT2D eigenvalue weighted by molar-refractivity contribution is 5.88. The van der Waals surface area contributed by atoms with Crippen LogP contribution in [-0.2, 0) is 11.7 Å². The molecule has 5 nitrogen and oxygen atoms in total. The number of halogens is 3. The fraction of sp³-hybridized carbons (Fsp3) is 0.458. The highest BCUT2D eigenvalue weighted by Crippen LogP contribution is 2.39. The molecule has 1 aliphatic rings. The molecule has 1 aromatic carbocycles. The zero-order valence-corrected chi connectivity index (χ0v) is 18.7. The van der Waals surface area contributed by atoms with Crippen molar-refractivity contribution in [2.45, 2.75) is 71.1 Å². The smallest absolute Gasteiger partial charge is 0.363 e. The second kappa shape index (κ2) is 7.90. The maximum Gasteiger partial charge on any atom is 0.416 e. The highest BCUT2D eigenvalue weighted by atomic mass is 19.4. The number of nitrogens with one attached hydrogen (secondary N) is 1. The highest BCUT2D eigenvalue weighted by Gasteiger charge is 2.35. The van der Waals surface area contributed by atoms with Crippen LogP contribution in [0.5, 0.6) is 0 Å². The van der Waals surface area contributed by atoms with Crippen LogP contribution in [0.25, 0.3) is 10.9 Å². The molecule has 1 saturated carbocycles. The van der Waals surface area contributed by atoms with Gasteiger partial charge in [-0.3, -0.25) is 4.79 Å². The van der Waals surface area contributed by atoms with Crippen molar-refractivity contribution in [2.24, 2.45) is 0 Å². The first kappa shape index (κ1) is 22.3. The zero-order valence-electron chi connectivity index (χ0n) is 18.7. The van der Waals surface area contributed by atoms with E-state index in [1.54, 1.807) is 23.8 Å². The molecule has 1 aliphatic carbocycles. The quantitative estimate of drug-likeness (QED) is 0.533. The Morgan fingerprint density at radius 2 is 1.94 bits per heavy atom. The molecule has 0 unspecified atom stereocenters. The molecule has 3 aromatic rings. The SMILES string of the molecule is CC[C@@H](Nc1nc(C)nc2cc(=O)n(C3(C)CCC3)cc12)c1cccc(C(F)(F)F)c1C. The van der Waals surface area contributed by atoms with E-state index >= 15 is 0 Å². The lowest BCUT2D eigenvalue weighted by molar-refractivity contribution is -0.138. The summed E-state index contributed by atoms with van der Waals surface area (Å²) in [5.41, 5.74) is 0.337. The number of anilines is 1. The molecule has 0 bridgehead atoms. The van der Waals surface area contributed by atoms with Crippen LogP contribution in [0.15, 0.2) is 35.3 Å². The Labute approximate surface area is 184 Å². The number of hydrogen-bond donors (Lipinski definition) is 1. The summed E-state index contributed by atoms with van der Waals surface area (Å²) < 4.78 is 42.1. The standard InChI is InChI=1S/C24H27F3N4O/c1-5-19(16-8-6-9-18(14(16)2)24(25,26)27)30-22-17-13-31(23(4)10-7-11-23)21(32)12-20(17)28-15(3)29-22/h6,8-9,12-13,19H,5,7,10-11H2,1-4H3,(H,28,29,30)/t19-/m1/s1. The van der Waals surface area contributed by atoms with Crippen molar-refractivity contribution in [2.75, 3.05) is 5.32 Å². The number of benzene rings is 1. The summed E-state index contributed by atoms with van der Waals surface area (Å²) in [4.78, 5) is 21.7. The maximum atomic E-state index is 13.4. The lowest BCUT2D eigenvalue weighted by Gasteiger charge is -2.40. The van der Waals surface area contributed by atoms with Gasteiger partial charge in [0.25, 0.3) is 5.56 Å². The summed E-state index contributed by atoms with van der Waals surface area (Å²) in [7, 11) is 0. The summed E-state index contributed by atoms with van der Waals surface area (Å²) in [6.45, 7) is 7.21. The fourth-order valence-electron chi connectivity index (χ4n) is 4.58. The van der Waals surface area contributed by atoms with E-state index in [9.17, 15) is 18.0 Å². The Morgan fingerprint density at radius 1 is 1.22 bits per heavy atom. The van der Waals surface area contributed by atoms with Gasteiger partial charge in [-0.25, -0.2) is 9.97 Å². The van der Waals surface area contributed by atoms with Gasteiger partial charge in [-0.2, -0.15) is 13.2 Å². The van der Waals surface area contributed by atoms with E-state index in [4.69, 9.17) is 0 Å². The van der Waals surface area contributed by atoms with Crippen molar-refractivity contribution in [1.82, 2.24) is 14.5 Å². The van der Waals surface area contributed by atoms with Crippen LogP contribution < -0.4 is 10.9 Å². The number of aryl methyl sites for hydroxylation is 1. The molecule has 0 saturated heterocycles. The minimum absolute atomic E-state index is 0.107. The van der Waals surface area contributed by atoms with E-state index in [1.165, 1.54) is 19.1 Å². The number of hydrogen-bond acceptors (Lipinski definition) is 4. The summed E-state index contributed by atoms with van der Waals surface area (Å²) in [6, 6.07) is 5.40. The van der Waals surface area contributed by atoms with Crippen LogP contribution in [0, 0.1) is 13.8 Å². The first-order chi connectivity index (χ1) is 15.0. The maximum absolute atomic E-state index is 13.4. The monoisotopic (exact) mass is 444 g/mol. The molecular formula is C24H27F3N4O. The molecule has 1 fully saturated rings. The largest absolute Gasteiger partial charge is 0.416 e. The van der Waals surface area contributed by atoms with E-state index < -0.39 is 11.7 Å². The summed E-state index contributed by atoms with van der Waals surface area (Å²) in [5.74, 6) is 1.01. The van der Waals surface area contributed by atoms with Crippen LogP contribution in [0.4, 0.5) is 19.0 Å². The minimum Gasteiger partial charge on any atom is -0.363 e. The first-order valence-electron chi connectivity index (χ1n) is 10.9. The zero-order chi connectivity index (χ0) is 23.3. The first-order valence-corrected chi connectivity index (χ1v) is 10.9. The van der Waals surface area contributed by atoms with Gasteiger partial charge >= 0.3 is 6.18 Å². The fourth-order valence-corrected chi connectivity index (χ4v) is 4.58. The number of nitrogens with zero attached hydrogens (tertiary/aromatic N) is 3. The number of alkyl halides is 3. The molecule has 32 heavy (non-hydrogen) atoms. The van der Waals surface area contributed by atoms with Crippen LogP contribution in [0.1, 0.15) is 68.1 Å². The van der Waals surface area contributed by atoms with Crippen molar-refractivity contribution in [3.8, 4) is 0 Å². The van der Waals surface area contributed by atoms with Crippen molar-refractivity contribution < 1.29 is 13.2 Å². The van der Waals surface area contributed by atoms with Gasteiger partial charge in [0.1, 0.15) is 11.6 Å². The van der Waals surface area contributed by atoms with Crippen LogP contribution in [0.2, 0.25) is 0 Å². The Balaban J connectivity index is 1.81. The molecule has 2 heterocycles. The molecule has 1 N–H and O–H groups in total. The molecule has 0 amide bonds. The number of aromatic nitrogens is 3. The topological polar surface area (TPSA) is 59.8 Å². The Kier molecular flexibility index (Phi) is 5.51.